The van der Waals surface area contributed by atoms with Gasteiger partial charge in [0, 0.05) is 20.0 Å². The zero-order valence-electron chi connectivity index (χ0n) is 10.5. The summed E-state index contributed by atoms with van der Waals surface area (Å²) in [5.41, 5.74) is 0.759. The minimum atomic E-state index is -0.268. The lowest BCUT2D eigenvalue weighted by Gasteiger charge is -1.94. The Bertz CT molecular complexity index is 783. The Labute approximate surface area is 118 Å². The van der Waals surface area contributed by atoms with E-state index in [1.807, 2.05) is 26.0 Å². The molecule has 1 nitrogen and oxygen atoms in total. The molecule has 2 heterocycles. The van der Waals surface area contributed by atoms with Crippen molar-refractivity contribution in [3.63, 3.8) is 0 Å². The van der Waals surface area contributed by atoms with Crippen LogP contribution in [0.4, 0.5) is 4.39 Å². The van der Waals surface area contributed by atoms with Crippen LogP contribution < -0.4 is 0 Å². The predicted octanol–water partition coefficient (Wildman–Crippen LogP) is 4.95. The van der Waals surface area contributed by atoms with E-state index in [0.717, 1.165) is 25.4 Å². The second-order valence-electron chi connectivity index (χ2n) is 4.45. The lowest BCUT2D eigenvalue weighted by Crippen LogP contribution is -1.97. The summed E-state index contributed by atoms with van der Waals surface area (Å²) >= 11 is 2.97. The Morgan fingerprint density at radius 1 is 1.11 bits per heavy atom. The molecule has 19 heavy (non-hydrogen) atoms. The monoisotopic (exact) mass is 290 g/mol. The first kappa shape index (κ1) is 12.5. The molecule has 0 saturated carbocycles. The Morgan fingerprint density at radius 3 is 2.58 bits per heavy atom. The van der Waals surface area contributed by atoms with E-state index in [1.54, 1.807) is 17.4 Å². The standard InChI is InChI=1S/C15H11FOS2/c1-8-5-12(9(2)18-8)15(17)14-6-10-3-4-11(16)7-13(10)19-14/h3-7H,1-2H3. The lowest BCUT2D eigenvalue weighted by atomic mass is 10.1. The first-order chi connectivity index (χ1) is 9.04. The van der Waals surface area contributed by atoms with Gasteiger partial charge in [-0.1, -0.05) is 6.07 Å². The summed E-state index contributed by atoms with van der Waals surface area (Å²) in [6.45, 7) is 3.95. The molecule has 0 aliphatic rings. The van der Waals surface area contributed by atoms with Crippen LogP contribution in [0.15, 0.2) is 30.3 Å². The van der Waals surface area contributed by atoms with E-state index in [0.29, 0.717) is 4.88 Å². The number of rotatable bonds is 2. The number of thiophene rings is 2. The van der Waals surface area contributed by atoms with Crippen molar-refractivity contribution in [1.82, 2.24) is 0 Å². The normalized spacial score (nSPS) is 11.1. The minimum absolute atomic E-state index is 0.0310. The topological polar surface area (TPSA) is 17.1 Å². The molecule has 1 aromatic carbocycles. The van der Waals surface area contributed by atoms with E-state index in [-0.39, 0.29) is 11.6 Å². The van der Waals surface area contributed by atoms with Gasteiger partial charge in [-0.2, -0.15) is 0 Å². The number of fused-ring (bicyclic) bond motifs is 1. The van der Waals surface area contributed by atoms with Crippen LogP contribution in [0.25, 0.3) is 10.1 Å². The highest BCUT2D eigenvalue weighted by molar-refractivity contribution is 7.21. The van der Waals surface area contributed by atoms with E-state index in [2.05, 4.69) is 0 Å². The van der Waals surface area contributed by atoms with Gasteiger partial charge in [0.1, 0.15) is 5.82 Å². The Hall–Kier alpha value is -1.52. The van der Waals surface area contributed by atoms with Crippen LogP contribution in [-0.4, -0.2) is 5.78 Å². The smallest absolute Gasteiger partial charge is 0.204 e. The van der Waals surface area contributed by atoms with Crippen molar-refractivity contribution in [2.45, 2.75) is 13.8 Å². The molecule has 3 rings (SSSR count). The second-order valence-corrected chi connectivity index (χ2v) is 6.99. The molecule has 0 fully saturated rings. The maximum Gasteiger partial charge on any atom is 0.204 e. The van der Waals surface area contributed by atoms with Gasteiger partial charge in [-0.3, -0.25) is 4.79 Å². The number of hydrogen-bond donors (Lipinski definition) is 0. The molecule has 0 amide bonds. The highest BCUT2D eigenvalue weighted by atomic mass is 32.1. The third-order valence-electron chi connectivity index (χ3n) is 2.99. The lowest BCUT2D eigenvalue weighted by molar-refractivity contribution is 0.104. The maximum absolute atomic E-state index is 13.2. The number of carbonyl (C=O) groups excluding carboxylic acids is 1. The van der Waals surface area contributed by atoms with E-state index in [1.165, 1.54) is 23.5 Å². The second kappa shape index (κ2) is 4.54. The molecule has 0 radical (unpaired) electrons. The van der Waals surface area contributed by atoms with Crippen LogP contribution in [0.2, 0.25) is 0 Å². The molecule has 0 saturated heterocycles. The summed E-state index contributed by atoms with van der Waals surface area (Å²) in [7, 11) is 0. The number of hydrogen-bond acceptors (Lipinski definition) is 3. The molecule has 2 aromatic heterocycles. The summed E-state index contributed by atoms with van der Waals surface area (Å²) < 4.78 is 14.0. The van der Waals surface area contributed by atoms with Crippen molar-refractivity contribution in [2.24, 2.45) is 0 Å². The van der Waals surface area contributed by atoms with Crippen molar-refractivity contribution in [3.05, 3.63) is 56.3 Å². The van der Waals surface area contributed by atoms with Gasteiger partial charge in [-0.15, -0.1) is 22.7 Å². The van der Waals surface area contributed by atoms with Gasteiger partial charge in [-0.05, 0) is 43.5 Å². The number of ketones is 1. The summed E-state index contributed by atoms with van der Waals surface area (Å²) in [6.07, 6.45) is 0. The van der Waals surface area contributed by atoms with Crippen LogP contribution in [0.3, 0.4) is 0 Å². The maximum atomic E-state index is 13.2. The van der Waals surface area contributed by atoms with Crippen molar-refractivity contribution in [1.29, 1.82) is 0 Å². The highest BCUT2D eigenvalue weighted by Crippen LogP contribution is 2.30. The summed E-state index contributed by atoms with van der Waals surface area (Å²) in [4.78, 5) is 15.3. The van der Waals surface area contributed by atoms with Gasteiger partial charge < -0.3 is 0 Å². The molecular formula is C15H11FOS2. The Kier molecular flexibility index (Phi) is 2.99. The number of benzene rings is 1. The van der Waals surface area contributed by atoms with Gasteiger partial charge in [0.05, 0.1) is 4.88 Å². The van der Waals surface area contributed by atoms with Crippen molar-refractivity contribution < 1.29 is 9.18 Å². The van der Waals surface area contributed by atoms with Crippen molar-refractivity contribution >= 4 is 38.5 Å². The first-order valence-corrected chi connectivity index (χ1v) is 7.49. The zero-order valence-corrected chi connectivity index (χ0v) is 12.1. The Balaban J connectivity index is 2.09. The fourth-order valence-electron chi connectivity index (χ4n) is 2.11. The summed E-state index contributed by atoms with van der Waals surface area (Å²) in [6, 6.07) is 8.37. The van der Waals surface area contributed by atoms with E-state index in [4.69, 9.17) is 0 Å². The molecule has 0 unspecified atom stereocenters. The van der Waals surface area contributed by atoms with Crippen LogP contribution in [0.5, 0.6) is 0 Å². The quantitative estimate of drug-likeness (QED) is 0.610. The molecule has 0 atom stereocenters. The Morgan fingerprint density at radius 2 is 1.89 bits per heavy atom. The highest BCUT2D eigenvalue weighted by Gasteiger charge is 2.16. The van der Waals surface area contributed by atoms with E-state index < -0.39 is 0 Å². The van der Waals surface area contributed by atoms with Crippen LogP contribution in [-0.2, 0) is 0 Å². The van der Waals surface area contributed by atoms with E-state index in [9.17, 15) is 9.18 Å². The molecule has 96 valence electrons. The van der Waals surface area contributed by atoms with Crippen LogP contribution >= 0.6 is 22.7 Å². The zero-order chi connectivity index (χ0) is 13.6. The van der Waals surface area contributed by atoms with Crippen molar-refractivity contribution in [3.8, 4) is 0 Å². The predicted molar refractivity (Wildman–Crippen MR) is 79.0 cm³/mol. The molecule has 0 bridgehead atoms. The molecule has 0 N–H and O–H groups in total. The SMILES string of the molecule is Cc1cc(C(=O)c2cc3ccc(F)cc3s2)c(C)s1. The fourth-order valence-corrected chi connectivity index (χ4v) is 4.07. The molecular weight excluding hydrogens is 279 g/mol. The summed E-state index contributed by atoms with van der Waals surface area (Å²) in [5, 5.41) is 0.916. The third kappa shape index (κ3) is 2.22. The minimum Gasteiger partial charge on any atom is -0.288 e. The molecule has 3 aromatic rings. The van der Waals surface area contributed by atoms with Crippen molar-refractivity contribution in [2.75, 3.05) is 0 Å². The van der Waals surface area contributed by atoms with Gasteiger partial charge in [-0.25, -0.2) is 4.39 Å². The van der Waals surface area contributed by atoms with Crippen LogP contribution in [0, 0.1) is 19.7 Å². The first-order valence-electron chi connectivity index (χ1n) is 5.85. The molecule has 0 aliphatic heterocycles. The molecule has 4 heteroatoms. The van der Waals surface area contributed by atoms with Gasteiger partial charge in [0.15, 0.2) is 0 Å². The van der Waals surface area contributed by atoms with Gasteiger partial charge >= 0.3 is 0 Å². The van der Waals surface area contributed by atoms with Crippen LogP contribution in [0.1, 0.15) is 25.0 Å². The van der Waals surface area contributed by atoms with Gasteiger partial charge in [0.2, 0.25) is 5.78 Å². The van der Waals surface area contributed by atoms with Gasteiger partial charge in [0.25, 0.3) is 0 Å². The number of aryl methyl sites for hydroxylation is 2. The largest absolute Gasteiger partial charge is 0.288 e. The number of halogens is 1. The average molecular weight is 290 g/mol. The summed E-state index contributed by atoms with van der Waals surface area (Å²) in [5.74, 6) is -0.237. The number of carbonyl (C=O) groups is 1. The third-order valence-corrected chi connectivity index (χ3v) is 5.05. The van der Waals surface area contributed by atoms with E-state index >= 15 is 0 Å². The fraction of sp³-hybridized carbons (Fsp3) is 0.133. The molecule has 0 spiro atoms. The average Bonchev–Trinajstić information content (AvgIpc) is 2.91. The molecule has 0 aliphatic carbocycles.